The van der Waals surface area contributed by atoms with Gasteiger partial charge in [-0.05, 0) is 61.0 Å². The Morgan fingerprint density at radius 2 is 1.85 bits per heavy atom. The highest BCUT2D eigenvalue weighted by Crippen LogP contribution is 2.32. The first-order valence-electron chi connectivity index (χ1n) is 8.05. The van der Waals surface area contributed by atoms with Crippen molar-refractivity contribution in [3.05, 3.63) is 72.0 Å². The minimum atomic E-state index is -3.80. The van der Waals surface area contributed by atoms with Gasteiger partial charge in [-0.1, -0.05) is 12.1 Å². The monoisotopic (exact) mass is 405 g/mol. The standard InChI is InChI=1S/C19H16FNO4S2/c1-2-25-19(22)13-6-8-16(9-7-13)21-27(23,24)18-11-10-17(26-18)14-4-3-5-15(20)12-14/h3-12,21H,2H2,1H3. The van der Waals surface area contributed by atoms with Crippen LogP contribution in [-0.4, -0.2) is 21.0 Å². The number of benzene rings is 2. The molecule has 0 spiro atoms. The third-order valence-electron chi connectivity index (χ3n) is 3.60. The topological polar surface area (TPSA) is 72.5 Å². The molecule has 0 bridgehead atoms. The molecule has 0 aliphatic carbocycles. The lowest BCUT2D eigenvalue weighted by atomic mass is 10.2. The average Bonchev–Trinajstić information content (AvgIpc) is 3.13. The Labute approximate surface area is 160 Å². The molecule has 8 heteroatoms. The summed E-state index contributed by atoms with van der Waals surface area (Å²) in [6.07, 6.45) is 0. The summed E-state index contributed by atoms with van der Waals surface area (Å²) in [7, 11) is -3.80. The van der Waals surface area contributed by atoms with Crippen LogP contribution in [0.3, 0.4) is 0 Å². The molecule has 0 unspecified atom stereocenters. The Balaban J connectivity index is 1.78. The van der Waals surface area contributed by atoms with E-state index < -0.39 is 16.0 Å². The fourth-order valence-corrected chi connectivity index (χ4v) is 4.72. The molecule has 2 aromatic carbocycles. The summed E-state index contributed by atoms with van der Waals surface area (Å²) in [5, 5.41) is 0. The zero-order valence-corrected chi connectivity index (χ0v) is 15.9. The highest BCUT2D eigenvalue weighted by molar-refractivity contribution is 7.94. The Bertz CT molecular complexity index is 1060. The summed E-state index contributed by atoms with van der Waals surface area (Å²) >= 11 is 1.04. The Morgan fingerprint density at radius 1 is 1.11 bits per heavy atom. The molecular formula is C19H16FNO4S2. The minimum Gasteiger partial charge on any atom is -0.462 e. The van der Waals surface area contributed by atoms with Gasteiger partial charge >= 0.3 is 5.97 Å². The smallest absolute Gasteiger partial charge is 0.338 e. The Hall–Kier alpha value is -2.71. The van der Waals surface area contributed by atoms with Gasteiger partial charge in [-0.15, -0.1) is 11.3 Å². The molecule has 3 rings (SSSR count). The summed E-state index contributed by atoms with van der Waals surface area (Å²) in [5.74, 6) is -0.852. The van der Waals surface area contributed by atoms with E-state index in [1.54, 1.807) is 25.1 Å². The van der Waals surface area contributed by atoms with Crippen LogP contribution in [0.4, 0.5) is 10.1 Å². The van der Waals surface area contributed by atoms with Crippen molar-refractivity contribution in [1.29, 1.82) is 0 Å². The van der Waals surface area contributed by atoms with Crippen molar-refractivity contribution in [2.24, 2.45) is 0 Å². The molecule has 1 aromatic heterocycles. The van der Waals surface area contributed by atoms with Gasteiger partial charge in [-0.3, -0.25) is 4.72 Å². The molecule has 5 nitrogen and oxygen atoms in total. The van der Waals surface area contributed by atoms with E-state index in [0.29, 0.717) is 21.7 Å². The molecule has 1 N–H and O–H groups in total. The third-order valence-corrected chi connectivity index (χ3v) is 6.61. The normalized spacial score (nSPS) is 11.2. The van der Waals surface area contributed by atoms with E-state index in [-0.39, 0.29) is 16.6 Å². The van der Waals surface area contributed by atoms with E-state index in [9.17, 15) is 17.6 Å². The maximum Gasteiger partial charge on any atom is 0.338 e. The van der Waals surface area contributed by atoms with Crippen LogP contribution in [0.1, 0.15) is 17.3 Å². The van der Waals surface area contributed by atoms with Crippen LogP contribution in [0.15, 0.2) is 64.9 Å². The van der Waals surface area contributed by atoms with Crippen LogP contribution in [0, 0.1) is 5.82 Å². The SMILES string of the molecule is CCOC(=O)c1ccc(NS(=O)(=O)c2ccc(-c3cccc(F)c3)s2)cc1. The fourth-order valence-electron chi connectivity index (χ4n) is 2.36. The number of anilines is 1. The van der Waals surface area contributed by atoms with Crippen molar-refractivity contribution in [1.82, 2.24) is 0 Å². The molecule has 0 aliphatic rings. The lowest BCUT2D eigenvalue weighted by molar-refractivity contribution is 0.0526. The molecule has 140 valence electrons. The highest BCUT2D eigenvalue weighted by atomic mass is 32.2. The van der Waals surface area contributed by atoms with Gasteiger partial charge < -0.3 is 4.74 Å². The first-order chi connectivity index (χ1) is 12.9. The van der Waals surface area contributed by atoms with Gasteiger partial charge in [0.15, 0.2) is 0 Å². The van der Waals surface area contributed by atoms with Gasteiger partial charge in [0.2, 0.25) is 0 Å². The lowest BCUT2D eigenvalue weighted by Crippen LogP contribution is -2.11. The van der Waals surface area contributed by atoms with Crippen LogP contribution in [0.25, 0.3) is 10.4 Å². The van der Waals surface area contributed by atoms with Gasteiger partial charge in [0.1, 0.15) is 10.0 Å². The van der Waals surface area contributed by atoms with Crippen molar-refractivity contribution < 1.29 is 22.3 Å². The third kappa shape index (κ3) is 4.53. The summed E-state index contributed by atoms with van der Waals surface area (Å²) in [6, 6.07) is 15.0. The lowest BCUT2D eigenvalue weighted by Gasteiger charge is -2.07. The fraction of sp³-hybridized carbons (Fsp3) is 0.105. The van der Waals surface area contributed by atoms with Gasteiger partial charge in [-0.25, -0.2) is 17.6 Å². The quantitative estimate of drug-likeness (QED) is 0.612. The molecule has 0 amide bonds. The van der Waals surface area contributed by atoms with E-state index in [1.165, 1.54) is 42.5 Å². The van der Waals surface area contributed by atoms with E-state index >= 15 is 0 Å². The minimum absolute atomic E-state index is 0.108. The van der Waals surface area contributed by atoms with Gasteiger partial charge in [-0.2, -0.15) is 0 Å². The largest absolute Gasteiger partial charge is 0.462 e. The zero-order valence-electron chi connectivity index (χ0n) is 14.3. The summed E-state index contributed by atoms with van der Waals surface area (Å²) in [5.41, 5.74) is 1.27. The number of nitrogens with one attached hydrogen (secondary N) is 1. The predicted octanol–water partition coefficient (Wildman–Crippen LogP) is 4.53. The van der Waals surface area contributed by atoms with Crippen molar-refractivity contribution in [3.8, 4) is 10.4 Å². The first-order valence-corrected chi connectivity index (χ1v) is 10.3. The van der Waals surface area contributed by atoms with Gasteiger partial charge in [0.25, 0.3) is 10.0 Å². The maximum absolute atomic E-state index is 13.4. The highest BCUT2D eigenvalue weighted by Gasteiger charge is 2.18. The number of sulfonamides is 1. The van der Waals surface area contributed by atoms with Crippen molar-refractivity contribution in [3.63, 3.8) is 0 Å². The molecule has 0 saturated heterocycles. The number of halogens is 1. The van der Waals surface area contributed by atoms with Crippen LogP contribution < -0.4 is 4.72 Å². The van der Waals surface area contributed by atoms with Crippen LogP contribution in [0.5, 0.6) is 0 Å². The second-order valence-corrected chi connectivity index (χ2v) is 8.53. The molecule has 27 heavy (non-hydrogen) atoms. The second-order valence-electron chi connectivity index (χ2n) is 5.53. The average molecular weight is 405 g/mol. The first kappa shape index (κ1) is 19.1. The Morgan fingerprint density at radius 3 is 2.52 bits per heavy atom. The molecule has 0 fully saturated rings. The van der Waals surface area contributed by atoms with Crippen molar-refractivity contribution in [2.45, 2.75) is 11.1 Å². The van der Waals surface area contributed by atoms with Crippen molar-refractivity contribution in [2.75, 3.05) is 11.3 Å². The second kappa shape index (κ2) is 7.89. The van der Waals surface area contributed by atoms with Crippen LogP contribution in [-0.2, 0) is 14.8 Å². The predicted molar refractivity (Wildman–Crippen MR) is 103 cm³/mol. The number of ether oxygens (including phenoxy) is 1. The molecule has 3 aromatic rings. The number of carbonyl (C=O) groups excluding carboxylic acids is 1. The van der Waals surface area contributed by atoms with Crippen LogP contribution in [0.2, 0.25) is 0 Å². The number of esters is 1. The maximum atomic E-state index is 13.4. The molecular weight excluding hydrogens is 389 g/mol. The molecule has 0 saturated carbocycles. The van der Waals surface area contributed by atoms with E-state index in [0.717, 1.165) is 11.3 Å². The van der Waals surface area contributed by atoms with E-state index in [4.69, 9.17) is 4.74 Å². The zero-order chi connectivity index (χ0) is 19.4. The number of hydrogen-bond acceptors (Lipinski definition) is 5. The summed E-state index contributed by atoms with van der Waals surface area (Å²) < 4.78 is 46.0. The molecule has 0 atom stereocenters. The van der Waals surface area contributed by atoms with Gasteiger partial charge in [0.05, 0.1) is 12.2 Å². The van der Waals surface area contributed by atoms with Crippen molar-refractivity contribution >= 4 is 33.0 Å². The van der Waals surface area contributed by atoms with E-state index in [1.807, 2.05) is 0 Å². The summed E-state index contributed by atoms with van der Waals surface area (Å²) in [6.45, 7) is 1.97. The van der Waals surface area contributed by atoms with E-state index in [2.05, 4.69) is 4.72 Å². The molecule has 0 radical (unpaired) electrons. The van der Waals surface area contributed by atoms with Crippen LogP contribution >= 0.6 is 11.3 Å². The Kier molecular flexibility index (Phi) is 5.57. The number of thiophene rings is 1. The number of carbonyl (C=O) groups is 1. The number of rotatable bonds is 6. The molecule has 0 aliphatic heterocycles. The summed E-state index contributed by atoms with van der Waals surface area (Å²) in [4.78, 5) is 12.3. The molecule has 1 heterocycles. The van der Waals surface area contributed by atoms with Gasteiger partial charge in [0, 0.05) is 10.6 Å². The number of hydrogen-bond donors (Lipinski definition) is 1.